The zero-order valence-corrected chi connectivity index (χ0v) is 14.3. The molecule has 0 aliphatic rings. The van der Waals surface area contributed by atoms with Crippen LogP contribution in [0.2, 0.25) is 0 Å². The molecule has 2 atom stereocenters. The molecule has 0 radical (unpaired) electrons. The SMILES string of the molecule is CCCNC(c1ccc(C)cc1)C(C)SCCC(=O)OC. The Morgan fingerprint density at radius 1 is 1.33 bits per heavy atom. The molecular weight excluding hydrogens is 282 g/mol. The fourth-order valence-corrected chi connectivity index (χ4v) is 3.26. The molecule has 1 rings (SSSR count). The van der Waals surface area contributed by atoms with Gasteiger partial charge in [0.25, 0.3) is 0 Å². The molecular formula is C17H27NO2S. The lowest BCUT2D eigenvalue weighted by atomic mass is 10.0. The van der Waals surface area contributed by atoms with Crippen molar-refractivity contribution in [1.82, 2.24) is 5.32 Å². The van der Waals surface area contributed by atoms with Crippen LogP contribution in [0.4, 0.5) is 0 Å². The highest BCUT2D eigenvalue weighted by molar-refractivity contribution is 7.99. The van der Waals surface area contributed by atoms with E-state index in [4.69, 9.17) is 0 Å². The van der Waals surface area contributed by atoms with E-state index in [1.165, 1.54) is 18.2 Å². The Morgan fingerprint density at radius 3 is 2.57 bits per heavy atom. The number of methoxy groups -OCH3 is 1. The van der Waals surface area contributed by atoms with E-state index in [1.54, 1.807) is 0 Å². The molecule has 21 heavy (non-hydrogen) atoms. The largest absolute Gasteiger partial charge is 0.469 e. The lowest BCUT2D eigenvalue weighted by molar-refractivity contribution is -0.140. The first-order valence-electron chi connectivity index (χ1n) is 7.56. The van der Waals surface area contributed by atoms with Crippen molar-refractivity contribution in [3.63, 3.8) is 0 Å². The van der Waals surface area contributed by atoms with Crippen molar-refractivity contribution >= 4 is 17.7 Å². The van der Waals surface area contributed by atoms with Crippen molar-refractivity contribution in [3.8, 4) is 0 Å². The van der Waals surface area contributed by atoms with Gasteiger partial charge in [-0.15, -0.1) is 0 Å². The zero-order valence-electron chi connectivity index (χ0n) is 13.5. The highest BCUT2D eigenvalue weighted by Gasteiger charge is 2.19. The van der Waals surface area contributed by atoms with Crippen LogP contribution < -0.4 is 5.32 Å². The summed E-state index contributed by atoms with van der Waals surface area (Å²) >= 11 is 1.81. The van der Waals surface area contributed by atoms with E-state index >= 15 is 0 Å². The van der Waals surface area contributed by atoms with Crippen LogP contribution in [-0.4, -0.2) is 30.6 Å². The van der Waals surface area contributed by atoms with Gasteiger partial charge in [0.05, 0.1) is 13.5 Å². The van der Waals surface area contributed by atoms with E-state index in [2.05, 4.69) is 55.1 Å². The number of nitrogens with one attached hydrogen (secondary N) is 1. The predicted molar refractivity (Wildman–Crippen MR) is 90.8 cm³/mol. The molecule has 0 saturated heterocycles. The molecule has 0 amide bonds. The summed E-state index contributed by atoms with van der Waals surface area (Å²) in [6.45, 7) is 7.50. The first-order valence-corrected chi connectivity index (χ1v) is 8.61. The van der Waals surface area contributed by atoms with Gasteiger partial charge in [0, 0.05) is 17.0 Å². The third kappa shape index (κ3) is 6.53. The van der Waals surface area contributed by atoms with Crippen LogP contribution in [0.5, 0.6) is 0 Å². The molecule has 1 aromatic carbocycles. The van der Waals surface area contributed by atoms with Crippen molar-refractivity contribution < 1.29 is 9.53 Å². The number of hydrogen-bond donors (Lipinski definition) is 1. The fraction of sp³-hybridized carbons (Fsp3) is 0.588. The van der Waals surface area contributed by atoms with Gasteiger partial charge in [-0.3, -0.25) is 4.79 Å². The molecule has 0 saturated carbocycles. The predicted octanol–water partition coefficient (Wildman–Crippen LogP) is 3.72. The van der Waals surface area contributed by atoms with Gasteiger partial charge in [-0.1, -0.05) is 43.7 Å². The summed E-state index contributed by atoms with van der Waals surface area (Å²) in [7, 11) is 1.44. The van der Waals surface area contributed by atoms with Crippen molar-refractivity contribution in [2.24, 2.45) is 0 Å². The van der Waals surface area contributed by atoms with Crippen LogP contribution in [0, 0.1) is 6.92 Å². The van der Waals surface area contributed by atoms with Gasteiger partial charge in [-0.05, 0) is 25.5 Å². The summed E-state index contributed by atoms with van der Waals surface area (Å²) in [6.07, 6.45) is 1.59. The third-order valence-electron chi connectivity index (χ3n) is 3.43. The summed E-state index contributed by atoms with van der Waals surface area (Å²) in [6, 6.07) is 9.01. The summed E-state index contributed by atoms with van der Waals surface area (Å²) in [4.78, 5) is 11.2. The smallest absolute Gasteiger partial charge is 0.306 e. The minimum Gasteiger partial charge on any atom is -0.469 e. The Balaban J connectivity index is 2.63. The molecule has 118 valence electrons. The lowest BCUT2D eigenvalue weighted by Crippen LogP contribution is -2.29. The van der Waals surface area contributed by atoms with E-state index in [1.807, 2.05) is 11.8 Å². The number of hydrogen-bond acceptors (Lipinski definition) is 4. The van der Waals surface area contributed by atoms with Crippen molar-refractivity contribution in [2.75, 3.05) is 19.4 Å². The molecule has 0 aliphatic heterocycles. The number of carbonyl (C=O) groups excluding carboxylic acids is 1. The number of aryl methyl sites for hydroxylation is 1. The second-order valence-corrected chi connectivity index (χ2v) is 6.73. The van der Waals surface area contributed by atoms with Crippen molar-refractivity contribution in [3.05, 3.63) is 35.4 Å². The second kappa shape index (κ2) is 9.85. The fourth-order valence-electron chi connectivity index (χ4n) is 2.15. The van der Waals surface area contributed by atoms with Gasteiger partial charge in [-0.2, -0.15) is 11.8 Å². The Morgan fingerprint density at radius 2 is 2.00 bits per heavy atom. The molecule has 0 fully saturated rings. The molecule has 0 aromatic heterocycles. The molecule has 0 heterocycles. The van der Waals surface area contributed by atoms with Gasteiger partial charge < -0.3 is 10.1 Å². The quantitative estimate of drug-likeness (QED) is 0.706. The summed E-state index contributed by atoms with van der Waals surface area (Å²) in [5.74, 6) is 0.660. The lowest BCUT2D eigenvalue weighted by Gasteiger charge is -2.25. The van der Waals surface area contributed by atoms with Crippen molar-refractivity contribution in [2.45, 2.75) is 44.9 Å². The van der Waals surface area contributed by atoms with Gasteiger partial charge >= 0.3 is 5.97 Å². The van der Waals surface area contributed by atoms with E-state index in [9.17, 15) is 4.79 Å². The van der Waals surface area contributed by atoms with Crippen LogP contribution in [0.3, 0.4) is 0 Å². The maximum absolute atomic E-state index is 11.2. The average Bonchev–Trinajstić information content (AvgIpc) is 2.49. The van der Waals surface area contributed by atoms with Crippen LogP contribution in [0.25, 0.3) is 0 Å². The van der Waals surface area contributed by atoms with Crippen LogP contribution in [0.15, 0.2) is 24.3 Å². The highest BCUT2D eigenvalue weighted by Crippen LogP contribution is 2.27. The number of benzene rings is 1. The topological polar surface area (TPSA) is 38.3 Å². The average molecular weight is 309 g/mol. The summed E-state index contributed by atoms with van der Waals surface area (Å²) in [5.41, 5.74) is 2.59. The minimum absolute atomic E-state index is 0.136. The highest BCUT2D eigenvalue weighted by atomic mass is 32.2. The first-order chi connectivity index (χ1) is 10.1. The van der Waals surface area contributed by atoms with Crippen molar-refractivity contribution in [1.29, 1.82) is 0 Å². The van der Waals surface area contributed by atoms with E-state index in [0.29, 0.717) is 17.7 Å². The Labute approximate surface area is 132 Å². The second-order valence-electron chi connectivity index (χ2n) is 5.24. The first kappa shape index (κ1) is 18.1. The number of thioether (sulfide) groups is 1. The molecule has 0 bridgehead atoms. The Bertz CT molecular complexity index is 419. The van der Waals surface area contributed by atoms with E-state index in [-0.39, 0.29) is 5.97 Å². The van der Waals surface area contributed by atoms with Crippen LogP contribution in [-0.2, 0) is 9.53 Å². The number of esters is 1. The number of ether oxygens (including phenoxy) is 1. The summed E-state index contributed by atoms with van der Waals surface area (Å²) < 4.78 is 4.69. The van der Waals surface area contributed by atoms with Gasteiger partial charge in [-0.25, -0.2) is 0 Å². The maximum Gasteiger partial charge on any atom is 0.306 e. The van der Waals surface area contributed by atoms with E-state index < -0.39 is 0 Å². The number of rotatable bonds is 9. The standard InChI is InChI=1S/C17H27NO2S/c1-5-11-18-17(15-8-6-13(2)7-9-15)14(3)21-12-10-16(19)20-4/h6-9,14,17-18H,5,10-12H2,1-4H3. The van der Waals surface area contributed by atoms with Gasteiger partial charge in [0.1, 0.15) is 0 Å². The number of carbonyl (C=O) groups is 1. The molecule has 1 aromatic rings. The monoisotopic (exact) mass is 309 g/mol. The molecule has 2 unspecified atom stereocenters. The van der Waals surface area contributed by atoms with Gasteiger partial charge in [0.15, 0.2) is 0 Å². The molecule has 3 nitrogen and oxygen atoms in total. The summed E-state index contributed by atoms with van der Waals surface area (Å²) in [5, 5.41) is 4.03. The van der Waals surface area contributed by atoms with Crippen LogP contribution >= 0.6 is 11.8 Å². The van der Waals surface area contributed by atoms with E-state index in [0.717, 1.165) is 18.7 Å². The minimum atomic E-state index is -0.136. The molecule has 0 aliphatic carbocycles. The Kier molecular flexibility index (Phi) is 8.47. The van der Waals surface area contributed by atoms with Gasteiger partial charge in [0.2, 0.25) is 0 Å². The molecule has 1 N–H and O–H groups in total. The molecule has 4 heteroatoms. The zero-order chi connectivity index (χ0) is 15.7. The normalized spacial score (nSPS) is 13.7. The molecule has 0 spiro atoms. The Hall–Kier alpha value is -1.00. The third-order valence-corrected chi connectivity index (χ3v) is 4.67. The maximum atomic E-state index is 11.2. The van der Waals surface area contributed by atoms with Crippen LogP contribution in [0.1, 0.15) is 43.9 Å².